The molecule has 0 spiro atoms. The molecule has 3 heterocycles. The second-order valence-electron chi connectivity index (χ2n) is 8.04. The van der Waals surface area contributed by atoms with E-state index in [1.54, 1.807) is 18.6 Å². The van der Waals surface area contributed by atoms with Crippen LogP contribution in [-0.2, 0) is 0 Å². The minimum absolute atomic E-state index is 0.0376. The Balaban J connectivity index is 1.39. The van der Waals surface area contributed by atoms with E-state index in [4.69, 9.17) is 0 Å². The van der Waals surface area contributed by atoms with Gasteiger partial charge in [0.2, 0.25) is 0 Å². The van der Waals surface area contributed by atoms with Crippen LogP contribution < -0.4 is 10.2 Å². The topological polar surface area (TPSA) is 81.6 Å². The molecule has 0 unspecified atom stereocenters. The minimum Gasteiger partial charge on any atom is -0.389 e. The van der Waals surface area contributed by atoms with E-state index in [0.717, 1.165) is 25.2 Å². The maximum atomic E-state index is 12.7. The number of rotatable bonds is 2. The molecule has 7 heteroatoms. The molecule has 7 nitrogen and oxygen atoms in total. The van der Waals surface area contributed by atoms with Gasteiger partial charge in [-0.15, -0.1) is 0 Å². The van der Waals surface area contributed by atoms with Crippen molar-refractivity contribution >= 4 is 11.8 Å². The number of carbonyl (C=O) groups excluding carboxylic acids is 1. The fourth-order valence-corrected chi connectivity index (χ4v) is 4.66. The van der Waals surface area contributed by atoms with E-state index in [2.05, 4.69) is 20.2 Å². The number of likely N-dealkylation sites (tertiary alicyclic amines) is 1. The molecule has 0 bridgehead atoms. The van der Waals surface area contributed by atoms with E-state index in [1.165, 1.54) is 19.3 Å². The van der Waals surface area contributed by atoms with Crippen molar-refractivity contribution in [3.05, 3.63) is 18.6 Å². The lowest BCUT2D eigenvalue weighted by Crippen LogP contribution is -2.62. The van der Waals surface area contributed by atoms with Gasteiger partial charge in [-0.05, 0) is 25.7 Å². The van der Waals surface area contributed by atoms with Crippen LogP contribution in [0.3, 0.4) is 0 Å². The van der Waals surface area contributed by atoms with Gasteiger partial charge in [0.25, 0.3) is 0 Å². The van der Waals surface area contributed by atoms with Gasteiger partial charge in [0.15, 0.2) is 0 Å². The molecule has 1 aliphatic carbocycles. The highest BCUT2D eigenvalue weighted by molar-refractivity contribution is 5.74. The Hall–Kier alpha value is -1.89. The SMILES string of the molecule is O=C(NC1CCCCC1)N1CC[C@]2(O)CCN(c3cnccn3)C[C@@H]2C1. The zero-order valence-corrected chi connectivity index (χ0v) is 15.3. The van der Waals surface area contributed by atoms with Crippen LogP contribution in [0.25, 0.3) is 0 Å². The Morgan fingerprint density at radius 3 is 2.73 bits per heavy atom. The lowest BCUT2D eigenvalue weighted by Gasteiger charge is -2.50. The third-order valence-electron chi connectivity index (χ3n) is 6.36. The zero-order valence-electron chi connectivity index (χ0n) is 15.3. The lowest BCUT2D eigenvalue weighted by atomic mass is 9.75. The fourth-order valence-electron chi connectivity index (χ4n) is 4.66. The van der Waals surface area contributed by atoms with Crippen LogP contribution in [0.15, 0.2) is 18.6 Å². The number of anilines is 1. The number of fused-ring (bicyclic) bond motifs is 1. The number of hydrogen-bond donors (Lipinski definition) is 2. The van der Waals surface area contributed by atoms with Gasteiger partial charge in [0.1, 0.15) is 5.82 Å². The molecule has 1 saturated carbocycles. The average molecular weight is 359 g/mol. The Labute approximate surface area is 154 Å². The number of hydrogen-bond acceptors (Lipinski definition) is 5. The van der Waals surface area contributed by atoms with Crippen molar-refractivity contribution in [3.63, 3.8) is 0 Å². The Kier molecular flexibility index (Phi) is 4.98. The van der Waals surface area contributed by atoms with Gasteiger partial charge < -0.3 is 20.2 Å². The summed E-state index contributed by atoms with van der Waals surface area (Å²) in [4.78, 5) is 25.3. The first-order valence-electron chi connectivity index (χ1n) is 9.93. The Bertz CT molecular complexity index is 622. The third kappa shape index (κ3) is 3.63. The van der Waals surface area contributed by atoms with Crippen LogP contribution in [0.1, 0.15) is 44.9 Å². The molecule has 2 saturated heterocycles. The Morgan fingerprint density at radius 1 is 1.15 bits per heavy atom. The molecule has 0 radical (unpaired) electrons. The summed E-state index contributed by atoms with van der Waals surface area (Å²) in [7, 11) is 0. The number of amides is 2. The summed E-state index contributed by atoms with van der Waals surface area (Å²) in [5, 5.41) is 14.3. The number of piperidine rings is 2. The fraction of sp³-hybridized carbons (Fsp3) is 0.737. The summed E-state index contributed by atoms with van der Waals surface area (Å²) in [6, 6.07) is 0.357. The number of carbonyl (C=O) groups is 1. The maximum Gasteiger partial charge on any atom is 0.317 e. The first-order chi connectivity index (χ1) is 12.6. The predicted octanol–water partition coefficient (Wildman–Crippen LogP) is 1.78. The van der Waals surface area contributed by atoms with Crippen molar-refractivity contribution < 1.29 is 9.90 Å². The van der Waals surface area contributed by atoms with Crippen LogP contribution in [0.4, 0.5) is 10.6 Å². The molecule has 26 heavy (non-hydrogen) atoms. The predicted molar refractivity (Wildman–Crippen MR) is 98.9 cm³/mol. The highest BCUT2D eigenvalue weighted by Gasteiger charge is 2.46. The van der Waals surface area contributed by atoms with E-state index >= 15 is 0 Å². The normalized spacial score (nSPS) is 30.0. The molecular formula is C19H29N5O2. The van der Waals surface area contributed by atoms with Crippen molar-refractivity contribution in [2.45, 2.75) is 56.6 Å². The number of urea groups is 1. The molecule has 1 aromatic rings. The summed E-state index contributed by atoms with van der Waals surface area (Å²) >= 11 is 0. The third-order valence-corrected chi connectivity index (χ3v) is 6.36. The standard InChI is InChI=1S/C19H29N5O2/c25-18(22-16-4-2-1-3-5-16)24-11-7-19(26)6-10-23(13-15(19)14-24)17-12-20-8-9-21-17/h8-9,12,15-16,26H,1-7,10-11,13-14H2,(H,22,25)/t15-,19-/m1/s1. The molecule has 2 atom stereocenters. The van der Waals surface area contributed by atoms with Gasteiger partial charge >= 0.3 is 6.03 Å². The van der Waals surface area contributed by atoms with Crippen LogP contribution in [-0.4, -0.2) is 63.8 Å². The van der Waals surface area contributed by atoms with Crippen molar-refractivity contribution in [1.82, 2.24) is 20.2 Å². The summed E-state index contributed by atoms with van der Waals surface area (Å²) in [6.07, 6.45) is 12.4. The number of nitrogens with zero attached hydrogens (tertiary/aromatic N) is 4. The molecular weight excluding hydrogens is 330 g/mol. The summed E-state index contributed by atoms with van der Waals surface area (Å²) < 4.78 is 0. The molecule has 0 aromatic carbocycles. The van der Waals surface area contributed by atoms with Crippen molar-refractivity contribution in [3.8, 4) is 0 Å². The van der Waals surface area contributed by atoms with Gasteiger partial charge in [0.05, 0.1) is 11.8 Å². The molecule has 2 N–H and O–H groups in total. The van der Waals surface area contributed by atoms with Gasteiger partial charge in [-0.3, -0.25) is 4.98 Å². The molecule has 2 aliphatic heterocycles. The van der Waals surface area contributed by atoms with Gasteiger partial charge in [0, 0.05) is 50.5 Å². The first-order valence-corrected chi connectivity index (χ1v) is 9.93. The monoisotopic (exact) mass is 359 g/mol. The second kappa shape index (κ2) is 7.39. The van der Waals surface area contributed by atoms with E-state index in [0.29, 0.717) is 38.5 Å². The largest absolute Gasteiger partial charge is 0.389 e. The van der Waals surface area contributed by atoms with E-state index in [9.17, 15) is 9.90 Å². The molecule has 142 valence electrons. The van der Waals surface area contributed by atoms with Crippen molar-refractivity contribution in [1.29, 1.82) is 0 Å². The lowest BCUT2D eigenvalue weighted by molar-refractivity contribution is -0.0748. The van der Waals surface area contributed by atoms with Gasteiger partial charge in [-0.1, -0.05) is 19.3 Å². The molecule has 4 rings (SSSR count). The summed E-state index contributed by atoms with van der Waals surface area (Å²) in [5.74, 6) is 0.891. The molecule has 1 aromatic heterocycles. The van der Waals surface area contributed by atoms with Gasteiger partial charge in [-0.2, -0.15) is 0 Å². The maximum absolute atomic E-state index is 12.7. The van der Waals surface area contributed by atoms with E-state index in [-0.39, 0.29) is 11.9 Å². The Morgan fingerprint density at radius 2 is 1.96 bits per heavy atom. The van der Waals surface area contributed by atoms with Crippen molar-refractivity contribution in [2.24, 2.45) is 5.92 Å². The smallest absolute Gasteiger partial charge is 0.317 e. The highest BCUT2D eigenvalue weighted by Crippen LogP contribution is 2.36. The quantitative estimate of drug-likeness (QED) is 0.841. The first kappa shape index (κ1) is 17.5. The van der Waals surface area contributed by atoms with Crippen LogP contribution >= 0.6 is 0 Å². The molecule has 3 aliphatic rings. The zero-order chi connectivity index (χ0) is 18.0. The van der Waals surface area contributed by atoms with Crippen LogP contribution in [0.5, 0.6) is 0 Å². The van der Waals surface area contributed by atoms with Gasteiger partial charge in [-0.25, -0.2) is 9.78 Å². The van der Waals surface area contributed by atoms with Crippen LogP contribution in [0, 0.1) is 5.92 Å². The molecule has 2 amide bonds. The average Bonchev–Trinajstić information content (AvgIpc) is 2.68. The van der Waals surface area contributed by atoms with Crippen LogP contribution in [0.2, 0.25) is 0 Å². The number of nitrogens with one attached hydrogen (secondary N) is 1. The van der Waals surface area contributed by atoms with Crippen molar-refractivity contribution in [2.75, 3.05) is 31.1 Å². The van der Waals surface area contributed by atoms with E-state index in [1.807, 2.05) is 4.90 Å². The molecule has 3 fully saturated rings. The van der Waals surface area contributed by atoms with E-state index < -0.39 is 5.60 Å². The summed E-state index contributed by atoms with van der Waals surface area (Å²) in [6.45, 7) is 2.73. The minimum atomic E-state index is -0.666. The second-order valence-corrected chi connectivity index (χ2v) is 8.04. The highest BCUT2D eigenvalue weighted by atomic mass is 16.3. The summed E-state index contributed by atoms with van der Waals surface area (Å²) in [5.41, 5.74) is -0.666. The number of aliphatic hydroxyl groups is 1. The number of aromatic nitrogens is 2.